The zero-order chi connectivity index (χ0) is 23.5. The van der Waals surface area contributed by atoms with Crippen molar-refractivity contribution < 1.29 is 4.79 Å². The molecule has 0 aliphatic rings. The van der Waals surface area contributed by atoms with Gasteiger partial charge < -0.3 is 5.32 Å². The lowest BCUT2D eigenvalue weighted by atomic mass is 10.0. The maximum atomic E-state index is 13.2. The molecule has 33 heavy (non-hydrogen) atoms. The second-order valence-electron chi connectivity index (χ2n) is 8.48. The molecule has 4 aromatic rings. The lowest BCUT2D eigenvalue weighted by molar-refractivity contribution is 0.0936. The molecule has 8 nitrogen and oxygen atoms in total. The van der Waals surface area contributed by atoms with E-state index < -0.39 is 0 Å². The minimum absolute atomic E-state index is 0.0961. The van der Waals surface area contributed by atoms with E-state index in [1.54, 1.807) is 4.68 Å². The quantitative estimate of drug-likeness (QED) is 0.469. The monoisotopic (exact) mass is 443 g/mol. The van der Waals surface area contributed by atoms with Crippen LogP contribution in [0.15, 0.2) is 48.5 Å². The van der Waals surface area contributed by atoms with Crippen LogP contribution in [0.5, 0.6) is 0 Å². The highest BCUT2D eigenvalue weighted by Gasteiger charge is 2.16. The van der Waals surface area contributed by atoms with Crippen LogP contribution in [0.2, 0.25) is 0 Å². The molecule has 2 heterocycles. The third kappa shape index (κ3) is 5.00. The van der Waals surface area contributed by atoms with Crippen LogP contribution in [0.1, 0.15) is 47.0 Å². The number of tetrazole rings is 1. The molecule has 4 rings (SSSR count). The number of aromatic nitrogens is 6. The summed E-state index contributed by atoms with van der Waals surface area (Å²) in [6.45, 7) is 10.6. The third-order valence-corrected chi connectivity index (χ3v) is 5.59. The average molecular weight is 444 g/mol. The molecular weight excluding hydrogens is 414 g/mol. The fourth-order valence-corrected chi connectivity index (χ4v) is 3.88. The fraction of sp³-hybridized carbons (Fsp3) is 0.320. The zero-order valence-electron chi connectivity index (χ0n) is 19.7. The number of nitrogens with zero attached hydrogens (tertiary/aromatic N) is 6. The molecule has 0 bridgehead atoms. The first-order valence-corrected chi connectivity index (χ1v) is 11.2. The zero-order valence-corrected chi connectivity index (χ0v) is 19.7. The van der Waals surface area contributed by atoms with Gasteiger partial charge in [0, 0.05) is 23.7 Å². The highest BCUT2D eigenvalue weighted by molar-refractivity contribution is 5.96. The Kier molecular flexibility index (Phi) is 6.35. The van der Waals surface area contributed by atoms with Gasteiger partial charge in [-0.25, -0.2) is 0 Å². The highest BCUT2D eigenvalue weighted by Crippen LogP contribution is 2.25. The van der Waals surface area contributed by atoms with Gasteiger partial charge in [-0.15, -0.1) is 5.10 Å². The van der Waals surface area contributed by atoms with Crippen LogP contribution in [0, 0.1) is 20.8 Å². The van der Waals surface area contributed by atoms with E-state index in [4.69, 9.17) is 0 Å². The predicted molar refractivity (Wildman–Crippen MR) is 127 cm³/mol. The molecule has 1 atom stereocenters. The van der Waals surface area contributed by atoms with Gasteiger partial charge in [0.15, 0.2) is 5.82 Å². The van der Waals surface area contributed by atoms with Crippen LogP contribution in [0.25, 0.3) is 16.8 Å². The van der Waals surface area contributed by atoms with Crippen LogP contribution in [0.3, 0.4) is 0 Å². The van der Waals surface area contributed by atoms with Gasteiger partial charge in [0.2, 0.25) is 0 Å². The maximum Gasteiger partial charge on any atom is 0.251 e. The molecule has 1 amide bonds. The van der Waals surface area contributed by atoms with Crippen molar-refractivity contribution >= 4 is 5.91 Å². The number of carbonyl (C=O) groups is 1. The number of rotatable bonds is 7. The van der Waals surface area contributed by atoms with Crippen molar-refractivity contribution in [2.24, 2.45) is 0 Å². The van der Waals surface area contributed by atoms with Crippen molar-refractivity contribution in [1.82, 2.24) is 35.3 Å². The Labute approximate surface area is 193 Å². The van der Waals surface area contributed by atoms with Crippen molar-refractivity contribution in [3.8, 4) is 16.8 Å². The first kappa shape index (κ1) is 22.4. The van der Waals surface area contributed by atoms with Gasteiger partial charge in [-0.2, -0.15) is 9.78 Å². The van der Waals surface area contributed by atoms with Crippen molar-refractivity contribution in [3.05, 3.63) is 76.9 Å². The summed E-state index contributed by atoms with van der Waals surface area (Å²) in [7, 11) is 0. The number of amides is 1. The molecule has 2 aromatic carbocycles. The van der Waals surface area contributed by atoms with Gasteiger partial charge in [-0.3, -0.25) is 9.48 Å². The SMILES string of the molecule is CCc1nnnn1-c1cc(C(=O)NC(C)Cn2nc(C)cc2C)cc(-c2ccc(C)cc2)c1. The fourth-order valence-electron chi connectivity index (χ4n) is 3.88. The Morgan fingerprint density at radius 3 is 2.45 bits per heavy atom. The second kappa shape index (κ2) is 9.36. The topological polar surface area (TPSA) is 90.5 Å². The standard InChI is InChI=1S/C25H29N7O/c1-6-24-27-29-30-32(24)23-13-21(20-9-7-16(2)8-10-20)12-22(14-23)25(33)26-18(4)15-31-19(5)11-17(3)28-31/h7-14,18H,6,15H2,1-5H3,(H,26,33). The molecule has 2 aromatic heterocycles. The highest BCUT2D eigenvalue weighted by atomic mass is 16.1. The van der Waals surface area contributed by atoms with Crippen molar-refractivity contribution in [2.75, 3.05) is 0 Å². The minimum Gasteiger partial charge on any atom is -0.348 e. The van der Waals surface area contributed by atoms with Gasteiger partial charge in [-0.1, -0.05) is 36.8 Å². The molecule has 0 spiro atoms. The minimum atomic E-state index is -0.148. The summed E-state index contributed by atoms with van der Waals surface area (Å²) in [5.74, 6) is 0.589. The molecule has 170 valence electrons. The van der Waals surface area contributed by atoms with Gasteiger partial charge in [0.05, 0.1) is 17.9 Å². The Bertz CT molecular complexity index is 1270. The molecule has 1 unspecified atom stereocenters. The Morgan fingerprint density at radius 2 is 1.79 bits per heavy atom. The lowest BCUT2D eigenvalue weighted by Crippen LogP contribution is -2.36. The number of benzene rings is 2. The summed E-state index contributed by atoms with van der Waals surface area (Å²) in [6.07, 6.45) is 0.683. The van der Waals surface area contributed by atoms with Crippen molar-refractivity contribution in [3.63, 3.8) is 0 Å². The first-order chi connectivity index (χ1) is 15.8. The summed E-state index contributed by atoms with van der Waals surface area (Å²) >= 11 is 0. The van der Waals surface area contributed by atoms with Crippen LogP contribution >= 0.6 is 0 Å². The summed E-state index contributed by atoms with van der Waals surface area (Å²) < 4.78 is 3.61. The molecule has 0 radical (unpaired) electrons. The summed E-state index contributed by atoms with van der Waals surface area (Å²) in [5, 5.41) is 19.7. The van der Waals surface area contributed by atoms with Crippen LogP contribution in [-0.4, -0.2) is 41.9 Å². The molecule has 0 aliphatic carbocycles. The summed E-state index contributed by atoms with van der Waals surface area (Å²) in [5.41, 5.74) is 6.49. The largest absolute Gasteiger partial charge is 0.348 e. The third-order valence-electron chi connectivity index (χ3n) is 5.59. The smallest absolute Gasteiger partial charge is 0.251 e. The number of hydrogen-bond donors (Lipinski definition) is 1. The number of hydrogen-bond acceptors (Lipinski definition) is 5. The molecule has 0 saturated heterocycles. The number of aryl methyl sites for hydroxylation is 4. The van der Waals surface area contributed by atoms with Crippen LogP contribution in [0.4, 0.5) is 0 Å². The lowest BCUT2D eigenvalue weighted by Gasteiger charge is -2.16. The second-order valence-corrected chi connectivity index (χ2v) is 8.48. The van der Waals surface area contributed by atoms with E-state index in [1.807, 2.05) is 56.6 Å². The Balaban J connectivity index is 1.66. The van der Waals surface area contributed by atoms with E-state index in [2.05, 4.69) is 57.1 Å². The van der Waals surface area contributed by atoms with Crippen LogP contribution < -0.4 is 5.32 Å². The Morgan fingerprint density at radius 1 is 1.03 bits per heavy atom. The molecule has 1 N–H and O–H groups in total. The summed E-state index contributed by atoms with van der Waals surface area (Å²) in [6, 6.07) is 15.9. The summed E-state index contributed by atoms with van der Waals surface area (Å²) in [4.78, 5) is 13.2. The number of carbonyl (C=O) groups excluding carboxylic acids is 1. The van der Waals surface area contributed by atoms with Gasteiger partial charge in [-0.05, 0) is 73.5 Å². The molecule has 0 fully saturated rings. The van der Waals surface area contributed by atoms with Gasteiger partial charge in [0.25, 0.3) is 5.91 Å². The Hall–Kier alpha value is -3.81. The molecule has 0 aliphatic heterocycles. The van der Waals surface area contributed by atoms with E-state index >= 15 is 0 Å². The average Bonchev–Trinajstić information content (AvgIpc) is 3.39. The normalized spacial score (nSPS) is 12.0. The van der Waals surface area contributed by atoms with Crippen molar-refractivity contribution in [2.45, 2.75) is 53.6 Å². The predicted octanol–water partition coefficient (Wildman–Crippen LogP) is 3.83. The van der Waals surface area contributed by atoms with E-state index in [-0.39, 0.29) is 11.9 Å². The van der Waals surface area contributed by atoms with E-state index in [1.165, 1.54) is 5.56 Å². The molecular formula is C25H29N7O. The molecule has 8 heteroatoms. The van der Waals surface area contributed by atoms with Gasteiger partial charge in [0.1, 0.15) is 0 Å². The van der Waals surface area contributed by atoms with E-state index in [0.29, 0.717) is 18.5 Å². The van der Waals surface area contributed by atoms with E-state index in [9.17, 15) is 4.79 Å². The first-order valence-electron chi connectivity index (χ1n) is 11.2. The van der Waals surface area contributed by atoms with Crippen LogP contribution in [-0.2, 0) is 13.0 Å². The maximum absolute atomic E-state index is 13.2. The van der Waals surface area contributed by atoms with Crippen molar-refractivity contribution in [1.29, 1.82) is 0 Å². The number of nitrogens with one attached hydrogen (secondary N) is 1. The van der Waals surface area contributed by atoms with Gasteiger partial charge >= 0.3 is 0 Å². The van der Waals surface area contributed by atoms with E-state index in [0.717, 1.165) is 34.0 Å². The molecule has 0 saturated carbocycles.